The minimum Gasteiger partial charge on any atom is -0.383 e. The molecule has 0 atom stereocenters. The van der Waals surface area contributed by atoms with Gasteiger partial charge in [-0.05, 0) is 68.9 Å². The van der Waals surface area contributed by atoms with Crippen LogP contribution in [-0.2, 0) is 6.42 Å². The molecule has 1 saturated heterocycles. The van der Waals surface area contributed by atoms with E-state index in [-0.39, 0.29) is 24.1 Å². The fraction of sp³-hybridized carbons (Fsp3) is 0.310. The third-order valence-electron chi connectivity index (χ3n) is 6.55. The number of hydrogen-bond acceptors (Lipinski definition) is 7. The van der Waals surface area contributed by atoms with E-state index >= 15 is 0 Å². The molecule has 0 spiro atoms. The highest BCUT2D eigenvalue weighted by molar-refractivity contribution is 5.98. The largest absolute Gasteiger partial charge is 0.383 e. The molecule has 1 aliphatic heterocycles. The zero-order chi connectivity index (χ0) is 25.9. The molecular formula is C29H31FN6O. The molecule has 0 amide bonds. The van der Waals surface area contributed by atoms with Crippen LogP contribution in [0.4, 0.5) is 15.9 Å². The molecule has 1 aromatic carbocycles. The Balaban J connectivity index is 1.36. The average molecular weight is 499 g/mol. The van der Waals surface area contributed by atoms with Crippen LogP contribution in [0.2, 0.25) is 0 Å². The zero-order valence-electron chi connectivity index (χ0n) is 21.4. The second-order valence-corrected chi connectivity index (χ2v) is 9.91. The first kappa shape index (κ1) is 24.8. The lowest BCUT2D eigenvalue weighted by Gasteiger charge is -2.33. The fourth-order valence-corrected chi connectivity index (χ4v) is 4.57. The van der Waals surface area contributed by atoms with E-state index in [9.17, 15) is 9.18 Å². The van der Waals surface area contributed by atoms with Gasteiger partial charge in [0.05, 0.1) is 18.1 Å². The number of ketones is 1. The van der Waals surface area contributed by atoms with E-state index in [2.05, 4.69) is 37.1 Å². The number of fused-ring (bicyclic) bond motifs is 1. The SMILES string of the molecule is CC(C)Nc1cc(F)cc(-c2cnc3cnc(CC(=O)c4ccnc(N5CCN(C)CC5)c4)cc3c2)c1. The molecule has 4 heterocycles. The number of carbonyl (C=O) groups is 1. The van der Waals surface area contributed by atoms with Crippen molar-refractivity contribution in [1.29, 1.82) is 0 Å². The van der Waals surface area contributed by atoms with Crippen molar-refractivity contribution in [3.63, 3.8) is 0 Å². The summed E-state index contributed by atoms with van der Waals surface area (Å²) < 4.78 is 14.3. The number of Topliss-reactive ketones (excluding diaryl/α,β-unsaturated/α-hetero) is 1. The van der Waals surface area contributed by atoms with Gasteiger partial charge in [-0.2, -0.15) is 0 Å². The molecular weight excluding hydrogens is 467 g/mol. The summed E-state index contributed by atoms with van der Waals surface area (Å²) in [6.07, 6.45) is 5.28. The van der Waals surface area contributed by atoms with Crippen LogP contribution in [0.25, 0.3) is 22.0 Å². The van der Waals surface area contributed by atoms with Gasteiger partial charge in [-0.15, -0.1) is 0 Å². The van der Waals surface area contributed by atoms with Gasteiger partial charge in [0.15, 0.2) is 5.78 Å². The van der Waals surface area contributed by atoms with Crippen LogP contribution in [0.3, 0.4) is 0 Å². The maximum Gasteiger partial charge on any atom is 0.169 e. The summed E-state index contributed by atoms with van der Waals surface area (Å²) in [6, 6.07) is 12.6. The van der Waals surface area contributed by atoms with Crippen molar-refractivity contribution in [2.75, 3.05) is 43.4 Å². The zero-order valence-corrected chi connectivity index (χ0v) is 21.4. The number of rotatable bonds is 7. The smallest absolute Gasteiger partial charge is 0.169 e. The van der Waals surface area contributed by atoms with Crippen LogP contribution in [0.5, 0.6) is 0 Å². The number of hydrogen-bond donors (Lipinski definition) is 1. The topological polar surface area (TPSA) is 74.2 Å². The van der Waals surface area contributed by atoms with Crippen LogP contribution in [0, 0.1) is 5.82 Å². The van der Waals surface area contributed by atoms with E-state index in [4.69, 9.17) is 0 Å². The molecule has 5 rings (SSSR count). The molecule has 0 bridgehead atoms. The first-order chi connectivity index (χ1) is 17.8. The number of halogens is 1. The van der Waals surface area contributed by atoms with Crippen molar-refractivity contribution in [3.8, 4) is 11.1 Å². The van der Waals surface area contributed by atoms with Crippen LogP contribution < -0.4 is 10.2 Å². The summed E-state index contributed by atoms with van der Waals surface area (Å²) >= 11 is 0. The normalized spacial score (nSPS) is 14.4. The van der Waals surface area contributed by atoms with Gasteiger partial charge in [0.25, 0.3) is 0 Å². The number of aromatic nitrogens is 3. The van der Waals surface area contributed by atoms with Gasteiger partial charge in [0, 0.05) is 72.5 Å². The highest BCUT2D eigenvalue weighted by Crippen LogP contribution is 2.27. The number of nitrogens with zero attached hydrogens (tertiary/aromatic N) is 5. The van der Waals surface area contributed by atoms with Crippen LogP contribution >= 0.6 is 0 Å². The van der Waals surface area contributed by atoms with Gasteiger partial charge in [-0.25, -0.2) is 9.37 Å². The quantitative estimate of drug-likeness (QED) is 0.366. The van der Waals surface area contributed by atoms with Crippen LogP contribution in [0.15, 0.2) is 61.1 Å². The number of nitrogens with one attached hydrogen (secondary N) is 1. The number of likely N-dealkylation sites (N-methyl/N-ethyl adjacent to an activating group) is 1. The molecule has 0 unspecified atom stereocenters. The van der Waals surface area contributed by atoms with Crippen molar-refractivity contribution in [1.82, 2.24) is 19.9 Å². The molecule has 7 nitrogen and oxygen atoms in total. The molecule has 1 aliphatic rings. The second-order valence-electron chi connectivity index (χ2n) is 9.91. The molecule has 37 heavy (non-hydrogen) atoms. The maximum absolute atomic E-state index is 14.3. The van der Waals surface area contributed by atoms with Crippen LogP contribution in [-0.4, -0.2) is 64.9 Å². The summed E-state index contributed by atoms with van der Waals surface area (Å²) in [4.78, 5) is 31.1. The van der Waals surface area contributed by atoms with Crippen molar-refractivity contribution in [2.24, 2.45) is 0 Å². The van der Waals surface area contributed by atoms with Crippen molar-refractivity contribution in [2.45, 2.75) is 26.3 Å². The Morgan fingerprint density at radius 2 is 1.78 bits per heavy atom. The molecule has 1 N–H and O–H groups in total. The number of carbonyl (C=O) groups excluding carboxylic acids is 1. The Morgan fingerprint density at radius 3 is 2.57 bits per heavy atom. The summed E-state index contributed by atoms with van der Waals surface area (Å²) in [6.45, 7) is 7.75. The molecule has 0 saturated carbocycles. The fourth-order valence-electron chi connectivity index (χ4n) is 4.57. The maximum atomic E-state index is 14.3. The van der Waals surface area contributed by atoms with Crippen molar-refractivity contribution in [3.05, 3.63) is 78.1 Å². The van der Waals surface area contributed by atoms with Crippen LogP contribution in [0.1, 0.15) is 29.9 Å². The third-order valence-corrected chi connectivity index (χ3v) is 6.55. The lowest BCUT2D eigenvalue weighted by atomic mass is 10.0. The second kappa shape index (κ2) is 10.6. The van der Waals surface area contributed by atoms with Crippen molar-refractivity contribution < 1.29 is 9.18 Å². The van der Waals surface area contributed by atoms with E-state index in [1.54, 1.807) is 24.7 Å². The molecule has 190 valence electrons. The molecule has 1 fully saturated rings. The minimum absolute atomic E-state index is 0.0109. The summed E-state index contributed by atoms with van der Waals surface area (Å²) in [5.74, 6) is 0.513. The highest BCUT2D eigenvalue weighted by atomic mass is 19.1. The van der Waals surface area contributed by atoms with Gasteiger partial charge in [0.2, 0.25) is 0 Å². The summed E-state index contributed by atoms with van der Waals surface area (Å²) in [5.41, 5.74) is 4.27. The Morgan fingerprint density at radius 1 is 0.973 bits per heavy atom. The van der Waals surface area contributed by atoms with Gasteiger partial charge >= 0.3 is 0 Å². The summed E-state index contributed by atoms with van der Waals surface area (Å²) in [5, 5.41) is 4.10. The third kappa shape index (κ3) is 5.91. The van der Waals surface area contributed by atoms with E-state index in [0.29, 0.717) is 11.3 Å². The Bertz CT molecular complexity index is 1430. The van der Waals surface area contributed by atoms with Gasteiger partial charge < -0.3 is 15.1 Å². The number of anilines is 2. The first-order valence-corrected chi connectivity index (χ1v) is 12.6. The lowest BCUT2D eigenvalue weighted by Crippen LogP contribution is -2.44. The Hall–Kier alpha value is -3.91. The standard InChI is InChI=1S/C29H31FN6O/c1-19(2)34-26-12-21(11-24(30)15-26)23-10-22-13-25(32-18-27(22)33-17-23)16-28(37)20-4-5-31-29(14-20)36-8-6-35(3)7-9-36/h4-5,10-15,17-19,34H,6-9,16H2,1-3H3. The molecule has 8 heteroatoms. The molecule has 0 aliphatic carbocycles. The highest BCUT2D eigenvalue weighted by Gasteiger charge is 2.17. The Labute approximate surface area is 216 Å². The van der Waals surface area contributed by atoms with E-state index in [1.807, 2.05) is 38.1 Å². The minimum atomic E-state index is -0.310. The van der Waals surface area contributed by atoms with Gasteiger partial charge in [-0.3, -0.25) is 14.8 Å². The molecule has 0 radical (unpaired) electrons. The van der Waals surface area contributed by atoms with E-state index in [0.717, 1.165) is 59.7 Å². The number of piperazine rings is 1. The number of benzene rings is 1. The predicted octanol–water partition coefficient (Wildman–Crippen LogP) is 4.83. The van der Waals surface area contributed by atoms with Gasteiger partial charge in [0.1, 0.15) is 11.6 Å². The predicted molar refractivity (Wildman–Crippen MR) is 146 cm³/mol. The monoisotopic (exact) mass is 498 g/mol. The molecule has 3 aromatic heterocycles. The molecule has 4 aromatic rings. The summed E-state index contributed by atoms with van der Waals surface area (Å²) in [7, 11) is 2.11. The first-order valence-electron chi connectivity index (χ1n) is 12.6. The average Bonchev–Trinajstić information content (AvgIpc) is 2.88. The Kier molecular flexibility index (Phi) is 7.10. The lowest BCUT2D eigenvalue weighted by molar-refractivity contribution is 0.0992. The van der Waals surface area contributed by atoms with E-state index < -0.39 is 0 Å². The van der Waals surface area contributed by atoms with E-state index in [1.165, 1.54) is 12.1 Å². The van der Waals surface area contributed by atoms with Gasteiger partial charge in [-0.1, -0.05) is 0 Å². The number of pyridine rings is 3. The van der Waals surface area contributed by atoms with Crippen molar-refractivity contribution >= 4 is 28.2 Å².